The number of aromatic nitrogens is 1. The van der Waals surface area contributed by atoms with E-state index in [1.165, 1.54) is 25.4 Å². The summed E-state index contributed by atoms with van der Waals surface area (Å²) >= 11 is 6.51. The molecule has 0 spiro atoms. The van der Waals surface area contributed by atoms with Gasteiger partial charge in [-0.25, -0.2) is 17.8 Å². The molecule has 2 rings (SSSR count). The summed E-state index contributed by atoms with van der Waals surface area (Å²) < 4.78 is 44.2. The molecule has 1 heterocycles. The van der Waals surface area contributed by atoms with E-state index in [1.807, 2.05) is 0 Å². The molecule has 0 saturated heterocycles. The van der Waals surface area contributed by atoms with Crippen molar-refractivity contribution in [3.05, 3.63) is 40.7 Å². The lowest BCUT2D eigenvalue weighted by Crippen LogP contribution is -2.30. The van der Waals surface area contributed by atoms with E-state index < -0.39 is 15.8 Å². The molecule has 0 radical (unpaired) electrons. The van der Waals surface area contributed by atoms with Crippen molar-refractivity contribution in [2.45, 2.75) is 4.21 Å². The highest BCUT2D eigenvalue weighted by Gasteiger charge is 2.23. The Morgan fingerprint density at radius 2 is 2.14 bits per heavy atom. The van der Waals surface area contributed by atoms with Crippen LogP contribution in [-0.4, -0.2) is 37.9 Å². The van der Waals surface area contributed by atoms with Crippen molar-refractivity contribution in [2.75, 3.05) is 20.2 Å². The number of hydrogen-bond acceptors (Lipinski definition) is 5. The highest BCUT2D eigenvalue weighted by atomic mass is 35.5. The summed E-state index contributed by atoms with van der Waals surface area (Å²) in [5.41, 5.74) is 0. The van der Waals surface area contributed by atoms with Gasteiger partial charge in [0.2, 0.25) is 0 Å². The number of likely N-dealkylation sites (N-methyl/N-ethyl adjacent to an activating group) is 1. The third-order valence-electron chi connectivity index (χ3n) is 2.62. The Labute approximate surface area is 131 Å². The fourth-order valence-corrected chi connectivity index (χ4v) is 4.14. The van der Waals surface area contributed by atoms with Gasteiger partial charge in [0, 0.05) is 13.6 Å². The van der Waals surface area contributed by atoms with Gasteiger partial charge in [0.05, 0.1) is 6.20 Å². The van der Waals surface area contributed by atoms with Crippen LogP contribution in [0.5, 0.6) is 5.75 Å². The molecular formula is C12H12ClFN2O3S2. The Morgan fingerprint density at radius 3 is 2.76 bits per heavy atom. The number of thiazole rings is 1. The molecule has 0 atom stereocenters. The van der Waals surface area contributed by atoms with Gasteiger partial charge in [-0.2, -0.15) is 4.31 Å². The maximum Gasteiger partial charge on any atom is 0.254 e. The van der Waals surface area contributed by atoms with Crippen LogP contribution >= 0.6 is 22.9 Å². The van der Waals surface area contributed by atoms with E-state index in [0.29, 0.717) is 0 Å². The first-order valence-corrected chi connectivity index (χ1v) is 8.49. The fraction of sp³-hybridized carbons (Fsp3) is 0.250. The summed E-state index contributed by atoms with van der Waals surface area (Å²) in [5.74, 6) is -0.401. The first-order valence-electron chi connectivity index (χ1n) is 5.86. The van der Waals surface area contributed by atoms with E-state index in [-0.39, 0.29) is 27.6 Å². The summed E-state index contributed by atoms with van der Waals surface area (Å²) in [6.45, 7) is 0.107. The Balaban J connectivity index is 1.96. The van der Waals surface area contributed by atoms with Crippen LogP contribution in [0.1, 0.15) is 0 Å². The number of benzene rings is 1. The Kier molecular flexibility index (Phi) is 5.15. The maximum absolute atomic E-state index is 13.3. The first-order chi connectivity index (χ1) is 9.91. The molecule has 2 aromatic rings. The lowest BCUT2D eigenvalue weighted by atomic mass is 10.3. The number of para-hydroxylation sites is 1. The van der Waals surface area contributed by atoms with Gasteiger partial charge in [-0.05, 0) is 12.1 Å². The number of ether oxygens (including phenoxy) is 1. The molecule has 0 unspecified atom stereocenters. The van der Waals surface area contributed by atoms with Gasteiger partial charge >= 0.3 is 0 Å². The van der Waals surface area contributed by atoms with Crippen LogP contribution in [0.15, 0.2) is 34.7 Å². The Bertz CT molecular complexity index is 721. The van der Waals surface area contributed by atoms with Gasteiger partial charge in [-0.1, -0.05) is 35.1 Å². The molecule has 0 saturated carbocycles. The third kappa shape index (κ3) is 3.91. The van der Waals surface area contributed by atoms with Crippen molar-refractivity contribution >= 4 is 33.0 Å². The summed E-state index contributed by atoms with van der Waals surface area (Å²) in [4.78, 5) is 3.70. The Hall–Kier alpha value is -1.22. The highest BCUT2D eigenvalue weighted by Crippen LogP contribution is 2.24. The number of nitrogens with zero attached hydrogens (tertiary/aromatic N) is 2. The minimum Gasteiger partial charge on any atom is -0.489 e. The van der Waals surface area contributed by atoms with E-state index in [0.717, 1.165) is 15.6 Å². The molecule has 0 N–H and O–H groups in total. The number of halogens is 2. The van der Waals surface area contributed by atoms with Gasteiger partial charge in [-0.3, -0.25) is 0 Å². The zero-order chi connectivity index (χ0) is 15.5. The van der Waals surface area contributed by atoms with Crippen molar-refractivity contribution in [1.82, 2.24) is 9.29 Å². The SMILES string of the molecule is CN(CCOc1ccccc1F)S(=O)(=O)c1cnc(Cl)s1. The van der Waals surface area contributed by atoms with Crippen LogP contribution in [0.4, 0.5) is 4.39 Å². The quantitative estimate of drug-likeness (QED) is 0.803. The second-order valence-electron chi connectivity index (χ2n) is 4.04. The third-order valence-corrected chi connectivity index (χ3v) is 6.03. The molecule has 5 nitrogen and oxygen atoms in total. The maximum atomic E-state index is 13.3. The molecule has 0 aliphatic heterocycles. The van der Waals surface area contributed by atoms with E-state index in [1.54, 1.807) is 12.1 Å². The summed E-state index contributed by atoms with van der Waals surface area (Å²) in [6.07, 6.45) is 1.20. The first kappa shape index (κ1) is 16.2. The topological polar surface area (TPSA) is 59.5 Å². The van der Waals surface area contributed by atoms with Gasteiger partial charge in [-0.15, -0.1) is 0 Å². The van der Waals surface area contributed by atoms with Gasteiger partial charge in [0.25, 0.3) is 10.0 Å². The van der Waals surface area contributed by atoms with Crippen molar-refractivity contribution in [3.63, 3.8) is 0 Å². The standard InChI is InChI=1S/C12H12ClFN2O3S2/c1-16(21(17,18)11-8-15-12(13)20-11)6-7-19-10-5-3-2-4-9(10)14/h2-5,8H,6-7H2,1H3. The molecule has 0 bridgehead atoms. The van der Waals surface area contributed by atoms with E-state index >= 15 is 0 Å². The molecule has 0 amide bonds. The van der Waals surface area contributed by atoms with Crippen molar-refractivity contribution in [2.24, 2.45) is 0 Å². The van der Waals surface area contributed by atoms with E-state index in [2.05, 4.69) is 4.98 Å². The number of hydrogen-bond donors (Lipinski definition) is 0. The van der Waals surface area contributed by atoms with Crippen molar-refractivity contribution in [1.29, 1.82) is 0 Å². The second kappa shape index (κ2) is 6.69. The van der Waals surface area contributed by atoms with Crippen molar-refractivity contribution in [3.8, 4) is 5.75 Å². The molecule has 9 heteroatoms. The normalized spacial score (nSPS) is 11.8. The van der Waals surface area contributed by atoms with Gasteiger partial charge in [0.1, 0.15) is 6.61 Å². The smallest absolute Gasteiger partial charge is 0.254 e. The predicted molar refractivity (Wildman–Crippen MR) is 78.8 cm³/mol. The lowest BCUT2D eigenvalue weighted by Gasteiger charge is -2.16. The zero-order valence-corrected chi connectivity index (χ0v) is 13.4. The summed E-state index contributed by atoms with van der Waals surface area (Å²) in [6, 6.07) is 5.94. The second-order valence-corrected chi connectivity index (χ2v) is 7.92. The Morgan fingerprint density at radius 1 is 1.43 bits per heavy atom. The monoisotopic (exact) mass is 350 g/mol. The summed E-state index contributed by atoms with van der Waals surface area (Å²) in [7, 11) is -2.24. The van der Waals surface area contributed by atoms with E-state index in [4.69, 9.17) is 16.3 Å². The van der Waals surface area contributed by atoms with Crippen LogP contribution < -0.4 is 4.74 Å². The number of rotatable bonds is 6. The zero-order valence-electron chi connectivity index (χ0n) is 11.0. The number of sulfonamides is 1. The molecule has 0 aliphatic carbocycles. The molecule has 1 aromatic heterocycles. The van der Waals surface area contributed by atoms with Crippen LogP contribution in [0.25, 0.3) is 0 Å². The molecule has 21 heavy (non-hydrogen) atoms. The van der Waals surface area contributed by atoms with E-state index in [9.17, 15) is 12.8 Å². The van der Waals surface area contributed by atoms with Crippen LogP contribution in [0.3, 0.4) is 0 Å². The minimum absolute atomic E-state index is 0.0310. The largest absolute Gasteiger partial charge is 0.489 e. The van der Waals surface area contributed by atoms with Crippen LogP contribution in [0, 0.1) is 5.82 Å². The summed E-state index contributed by atoms with van der Waals surface area (Å²) in [5, 5.41) is 0. The lowest BCUT2D eigenvalue weighted by molar-refractivity contribution is 0.275. The fourth-order valence-electron chi connectivity index (χ4n) is 1.48. The van der Waals surface area contributed by atoms with Crippen LogP contribution in [-0.2, 0) is 10.0 Å². The molecule has 114 valence electrons. The predicted octanol–water partition coefficient (Wildman–Crippen LogP) is 2.64. The molecule has 0 fully saturated rings. The van der Waals surface area contributed by atoms with Crippen LogP contribution in [0.2, 0.25) is 4.47 Å². The average Bonchev–Trinajstić information content (AvgIpc) is 2.88. The molecule has 1 aromatic carbocycles. The van der Waals surface area contributed by atoms with Gasteiger partial charge < -0.3 is 4.74 Å². The molecule has 0 aliphatic rings. The van der Waals surface area contributed by atoms with Gasteiger partial charge in [0.15, 0.2) is 20.2 Å². The molecular weight excluding hydrogens is 339 g/mol. The minimum atomic E-state index is -3.65. The van der Waals surface area contributed by atoms with Crippen molar-refractivity contribution < 1.29 is 17.5 Å². The highest BCUT2D eigenvalue weighted by molar-refractivity contribution is 7.91. The average molecular weight is 351 g/mol.